The Balaban J connectivity index is 2.50. The first-order valence-corrected chi connectivity index (χ1v) is 4.67. The van der Waals surface area contributed by atoms with Crippen molar-refractivity contribution in [2.75, 3.05) is 0 Å². The Morgan fingerprint density at radius 1 is 1.20 bits per heavy atom. The molecule has 2 aromatic rings. The first kappa shape index (κ1) is 8.17. The van der Waals surface area contributed by atoms with Gasteiger partial charge >= 0.3 is 0 Å². The molecular weight excluding hydrogens is 188 g/mol. The summed E-state index contributed by atoms with van der Waals surface area (Å²) in [5, 5.41) is 2.11. The number of rotatable bonds is 1. The van der Waals surface area contributed by atoms with Gasteiger partial charge in [-0.15, -0.1) is 0 Å². The zero-order valence-corrected chi connectivity index (χ0v) is 7.90. The van der Waals surface area contributed by atoms with Crippen LogP contribution in [0.4, 0.5) is 5.69 Å². The SMILES string of the molecule is NC(=O)c1ccc2cccc3c2c1C=N3. The Labute approximate surface area is 86.2 Å². The van der Waals surface area contributed by atoms with Crippen molar-refractivity contribution >= 4 is 28.6 Å². The molecule has 0 atom stereocenters. The molecule has 2 aromatic carbocycles. The molecule has 1 heterocycles. The third-order valence-corrected chi connectivity index (χ3v) is 2.66. The molecule has 0 aliphatic carbocycles. The molecule has 0 fully saturated rings. The van der Waals surface area contributed by atoms with E-state index in [9.17, 15) is 4.79 Å². The highest BCUT2D eigenvalue weighted by molar-refractivity contribution is 6.17. The summed E-state index contributed by atoms with van der Waals surface area (Å²) >= 11 is 0. The van der Waals surface area contributed by atoms with Crippen molar-refractivity contribution in [3.63, 3.8) is 0 Å². The summed E-state index contributed by atoms with van der Waals surface area (Å²) < 4.78 is 0. The number of carbonyl (C=O) groups excluding carboxylic acids is 1. The van der Waals surface area contributed by atoms with Crippen molar-refractivity contribution in [3.8, 4) is 0 Å². The van der Waals surface area contributed by atoms with Gasteiger partial charge in [-0.05, 0) is 17.5 Å². The number of aliphatic imine (C=N–C) groups is 1. The minimum absolute atomic E-state index is 0.407. The van der Waals surface area contributed by atoms with E-state index in [2.05, 4.69) is 4.99 Å². The van der Waals surface area contributed by atoms with E-state index in [4.69, 9.17) is 5.73 Å². The van der Waals surface area contributed by atoms with E-state index < -0.39 is 5.91 Å². The van der Waals surface area contributed by atoms with Crippen molar-refractivity contribution in [2.24, 2.45) is 10.7 Å². The van der Waals surface area contributed by atoms with Crippen LogP contribution < -0.4 is 5.73 Å². The Morgan fingerprint density at radius 3 is 2.87 bits per heavy atom. The molecule has 72 valence electrons. The summed E-state index contributed by atoms with van der Waals surface area (Å²) in [4.78, 5) is 15.5. The van der Waals surface area contributed by atoms with Crippen LogP contribution in [0.1, 0.15) is 15.9 Å². The lowest BCUT2D eigenvalue weighted by Gasteiger charge is -2.03. The molecule has 0 unspecified atom stereocenters. The molecule has 15 heavy (non-hydrogen) atoms. The van der Waals surface area contributed by atoms with Gasteiger partial charge in [0.05, 0.1) is 5.69 Å². The lowest BCUT2D eigenvalue weighted by Crippen LogP contribution is -2.13. The monoisotopic (exact) mass is 196 g/mol. The maximum Gasteiger partial charge on any atom is 0.249 e. The summed E-state index contributed by atoms with van der Waals surface area (Å²) in [6, 6.07) is 9.54. The number of carbonyl (C=O) groups is 1. The molecule has 0 aromatic heterocycles. The molecular formula is C12H8N2O. The Hall–Kier alpha value is -2.16. The molecule has 1 aliphatic heterocycles. The van der Waals surface area contributed by atoms with Crippen LogP contribution in [0, 0.1) is 0 Å². The van der Waals surface area contributed by atoms with Gasteiger partial charge < -0.3 is 5.73 Å². The second-order valence-corrected chi connectivity index (χ2v) is 3.52. The molecule has 1 amide bonds. The normalized spacial score (nSPS) is 12.3. The Bertz CT molecular complexity index is 614. The van der Waals surface area contributed by atoms with Crippen molar-refractivity contribution in [2.45, 2.75) is 0 Å². The summed E-state index contributed by atoms with van der Waals surface area (Å²) in [5.41, 5.74) is 7.59. The number of hydrogen-bond acceptors (Lipinski definition) is 2. The number of benzene rings is 2. The van der Waals surface area contributed by atoms with Gasteiger partial charge in [-0.1, -0.05) is 18.2 Å². The predicted molar refractivity (Wildman–Crippen MR) is 59.7 cm³/mol. The zero-order chi connectivity index (χ0) is 10.4. The van der Waals surface area contributed by atoms with Gasteiger partial charge in [0, 0.05) is 22.7 Å². The highest BCUT2D eigenvalue weighted by atomic mass is 16.1. The van der Waals surface area contributed by atoms with Crippen LogP contribution >= 0.6 is 0 Å². The summed E-state index contributed by atoms with van der Waals surface area (Å²) in [5.74, 6) is -0.407. The van der Waals surface area contributed by atoms with E-state index >= 15 is 0 Å². The lowest BCUT2D eigenvalue weighted by molar-refractivity contribution is 0.100. The molecule has 3 rings (SSSR count). The van der Waals surface area contributed by atoms with E-state index in [-0.39, 0.29) is 0 Å². The minimum atomic E-state index is -0.407. The van der Waals surface area contributed by atoms with Crippen LogP contribution in [0.3, 0.4) is 0 Å². The second kappa shape index (κ2) is 2.67. The van der Waals surface area contributed by atoms with Gasteiger partial charge in [0.2, 0.25) is 5.91 Å². The third kappa shape index (κ3) is 1.00. The van der Waals surface area contributed by atoms with Crippen molar-refractivity contribution in [3.05, 3.63) is 41.5 Å². The topological polar surface area (TPSA) is 55.5 Å². The highest BCUT2D eigenvalue weighted by Gasteiger charge is 2.16. The standard InChI is InChI=1S/C12H8N2O/c13-12(15)8-5-4-7-2-1-3-10-11(7)9(8)6-14-10/h1-6H,(H2,13,15). The Kier molecular flexibility index (Phi) is 1.45. The number of nitrogens with zero attached hydrogens (tertiary/aromatic N) is 1. The first-order valence-electron chi connectivity index (χ1n) is 4.67. The molecule has 0 saturated carbocycles. The lowest BCUT2D eigenvalue weighted by atomic mass is 10.00. The average Bonchev–Trinajstić information content (AvgIpc) is 2.65. The van der Waals surface area contributed by atoms with Gasteiger partial charge in [-0.25, -0.2) is 0 Å². The molecule has 2 N–H and O–H groups in total. The molecule has 0 spiro atoms. The number of nitrogens with two attached hydrogens (primary N) is 1. The van der Waals surface area contributed by atoms with E-state index in [1.54, 1.807) is 12.3 Å². The zero-order valence-electron chi connectivity index (χ0n) is 7.90. The van der Waals surface area contributed by atoms with E-state index in [1.807, 2.05) is 24.3 Å². The van der Waals surface area contributed by atoms with E-state index in [0.29, 0.717) is 5.56 Å². The summed E-state index contributed by atoms with van der Waals surface area (Å²) in [7, 11) is 0. The van der Waals surface area contributed by atoms with Crippen LogP contribution in [0.2, 0.25) is 0 Å². The molecule has 3 nitrogen and oxygen atoms in total. The highest BCUT2D eigenvalue weighted by Crippen LogP contribution is 2.34. The van der Waals surface area contributed by atoms with Gasteiger partial charge in [0.25, 0.3) is 0 Å². The Morgan fingerprint density at radius 2 is 2.07 bits per heavy atom. The molecule has 3 heteroatoms. The van der Waals surface area contributed by atoms with Crippen LogP contribution in [-0.4, -0.2) is 12.1 Å². The van der Waals surface area contributed by atoms with Gasteiger partial charge in [-0.3, -0.25) is 9.79 Å². The molecule has 0 saturated heterocycles. The molecule has 1 aliphatic rings. The van der Waals surface area contributed by atoms with E-state index in [0.717, 1.165) is 22.0 Å². The average molecular weight is 196 g/mol. The van der Waals surface area contributed by atoms with Crippen LogP contribution in [0.5, 0.6) is 0 Å². The smallest absolute Gasteiger partial charge is 0.249 e. The van der Waals surface area contributed by atoms with Gasteiger partial charge in [0.1, 0.15) is 0 Å². The molecule has 0 bridgehead atoms. The van der Waals surface area contributed by atoms with E-state index in [1.165, 1.54) is 0 Å². The fraction of sp³-hybridized carbons (Fsp3) is 0. The summed E-state index contributed by atoms with van der Waals surface area (Å²) in [6.07, 6.45) is 1.71. The first-order chi connectivity index (χ1) is 7.27. The predicted octanol–water partition coefficient (Wildman–Crippen LogP) is 2.00. The number of amides is 1. The van der Waals surface area contributed by atoms with Gasteiger partial charge in [0.15, 0.2) is 0 Å². The van der Waals surface area contributed by atoms with Gasteiger partial charge in [-0.2, -0.15) is 0 Å². The molecule has 0 radical (unpaired) electrons. The van der Waals surface area contributed by atoms with Crippen LogP contribution in [0.15, 0.2) is 35.3 Å². The summed E-state index contributed by atoms with van der Waals surface area (Å²) in [6.45, 7) is 0. The maximum absolute atomic E-state index is 11.2. The number of hydrogen-bond donors (Lipinski definition) is 1. The van der Waals surface area contributed by atoms with Crippen LogP contribution in [-0.2, 0) is 0 Å². The largest absolute Gasteiger partial charge is 0.366 e. The fourth-order valence-electron chi connectivity index (χ4n) is 1.98. The van der Waals surface area contributed by atoms with Crippen molar-refractivity contribution < 1.29 is 4.79 Å². The quantitative estimate of drug-likeness (QED) is 0.635. The van der Waals surface area contributed by atoms with Crippen molar-refractivity contribution in [1.82, 2.24) is 0 Å². The fourth-order valence-corrected chi connectivity index (χ4v) is 1.98. The van der Waals surface area contributed by atoms with Crippen molar-refractivity contribution in [1.29, 1.82) is 0 Å². The second-order valence-electron chi connectivity index (χ2n) is 3.52. The van der Waals surface area contributed by atoms with Crippen LogP contribution in [0.25, 0.3) is 10.8 Å². The maximum atomic E-state index is 11.2. The number of primary amides is 1. The minimum Gasteiger partial charge on any atom is -0.366 e. The third-order valence-electron chi connectivity index (χ3n) is 2.66.